The second kappa shape index (κ2) is 4.71. The number of nitrogens with two attached hydrogens (primary N) is 1. The lowest BCUT2D eigenvalue weighted by molar-refractivity contribution is -0.137. The van der Waals surface area contributed by atoms with Crippen LogP contribution in [0.3, 0.4) is 0 Å². The van der Waals surface area contributed by atoms with E-state index >= 15 is 0 Å². The highest BCUT2D eigenvalue weighted by Crippen LogP contribution is 1.92. The van der Waals surface area contributed by atoms with E-state index < -0.39 is 17.9 Å². The van der Waals surface area contributed by atoms with Gasteiger partial charge in [0.1, 0.15) is 0 Å². The molecule has 5 nitrogen and oxygen atoms in total. The Hall–Kier alpha value is -1.10. The van der Waals surface area contributed by atoms with Crippen LogP contribution in [0.5, 0.6) is 0 Å². The van der Waals surface area contributed by atoms with Crippen LogP contribution in [0.4, 0.5) is 0 Å². The van der Waals surface area contributed by atoms with Crippen molar-refractivity contribution >= 4 is 11.9 Å². The van der Waals surface area contributed by atoms with Crippen molar-refractivity contribution in [2.24, 2.45) is 5.73 Å². The number of primary amides is 1. The van der Waals surface area contributed by atoms with Gasteiger partial charge < -0.3 is 16.2 Å². The number of carboxylic acid groups (broad SMARTS) is 1. The van der Waals surface area contributed by atoms with Gasteiger partial charge in [0.15, 0.2) is 0 Å². The van der Waals surface area contributed by atoms with Gasteiger partial charge in [0.05, 0.1) is 12.5 Å². The second-order valence-electron chi connectivity index (χ2n) is 2.79. The van der Waals surface area contributed by atoms with E-state index in [0.29, 0.717) is 0 Å². The third-order valence-electron chi connectivity index (χ3n) is 1.44. The molecule has 0 aliphatic heterocycles. The predicted molar refractivity (Wildman–Crippen MR) is 43.5 cm³/mol. The minimum Gasteiger partial charge on any atom is -0.481 e. The van der Waals surface area contributed by atoms with Gasteiger partial charge in [0.25, 0.3) is 0 Å². The first-order valence-corrected chi connectivity index (χ1v) is 3.70. The van der Waals surface area contributed by atoms with E-state index in [-0.39, 0.29) is 12.5 Å². The molecular formula is C7H14N2O3. The fourth-order valence-electron chi connectivity index (χ4n) is 0.830. The minimum absolute atomic E-state index is 0.0162. The van der Waals surface area contributed by atoms with Gasteiger partial charge in [-0.15, -0.1) is 0 Å². The van der Waals surface area contributed by atoms with E-state index in [1.54, 1.807) is 13.8 Å². The molecule has 0 aliphatic rings. The molecule has 0 saturated carbocycles. The molecule has 0 saturated heterocycles. The van der Waals surface area contributed by atoms with Crippen LogP contribution >= 0.6 is 0 Å². The smallest absolute Gasteiger partial charge is 0.304 e. The maximum Gasteiger partial charge on any atom is 0.304 e. The van der Waals surface area contributed by atoms with E-state index in [2.05, 4.69) is 5.32 Å². The lowest BCUT2D eigenvalue weighted by atomic mass is 10.2. The number of carboxylic acids is 1. The summed E-state index contributed by atoms with van der Waals surface area (Å²) in [6, 6.07) is -0.732. The van der Waals surface area contributed by atoms with E-state index in [4.69, 9.17) is 10.8 Å². The zero-order chi connectivity index (χ0) is 9.72. The number of nitrogens with one attached hydrogen (secondary N) is 1. The van der Waals surface area contributed by atoms with Crippen LogP contribution < -0.4 is 11.1 Å². The highest BCUT2D eigenvalue weighted by molar-refractivity contribution is 5.79. The quantitative estimate of drug-likeness (QED) is 0.514. The topological polar surface area (TPSA) is 92.4 Å². The van der Waals surface area contributed by atoms with Crippen molar-refractivity contribution in [1.82, 2.24) is 5.32 Å². The highest BCUT2D eigenvalue weighted by Gasteiger charge is 2.13. The van der Waals surface area contributed by atoms with Gasteiger partial charge >= 0.3 is 5.97 Å². The molecule has 4 N–H and O–H groups in total. The fourth-order valence-corrected chi connectivity index (χ4v) is 0.830. The normalized spacial score (nSPS) is 15.2. The van der Waals surface area contributed by atoms with Crippen molar-refractivity contribution in [3.05, 3.63) is 0 Å². The number of hydrogen-bond acceptors (Lipinski definition) is 3. The standard InChI is InChI=1S/C7H14N2O3/c1-4(3-6(10)11)9-5(2)7(8)12/h4-5,9H,3H2,1-2H3,(H2,8,12)(H,10,11). The molecule has 0 rings (SSSR count). The Balaban J connectivity index is 3.76. The van der Waals surface area contributed by atoms with Crippen LogP contribution in [-0.2, 0) is 9.59 Å². The first-order valence-electron chi connectivity index (χ1n) is 3.70. The van der Waals surface area contributed by atoms with Gasteiger partial charge in [-0.1, -0.05) is 0 Å². The number of aliphatic carboxylic acids is 1. The van der Waals surface area contributed by atoms with E-state index in [1.165, 1.54) is 0 Å². The van der Waals surface area contributed by atoms with Crippen LogP contribution in [0.2, 0.25) is 0 Å². The lowest BCUT2D eigenvalue weighted by Crippen LogP contribution is -2.44. The number of carbonyl (C=O) groups is 2. The molecule has 0 aromatic heterocycles. The maximum absolute atomic E-state index is 10.5. The average Bonchev–Trinajstić information content (AvgIpc) is 1.84. The molecule has 5 heteroatoms. The summed E-state index contributed by atoms with van der Waals surface area (Å²) in [5.74, 6) is -1.38. The molecular weight excluding hydrogens is 160 g/mol. The Bertz CT molecular complexity index is 181. The van der Waals surface area contributed by atoms with Crippen LogP contribution in [0, 0.1) is 0 Å². The van der Waals surface area contributed by atoms with Crippen molar-refractivity contribution < 1.29 is 14.7 Å². The van der Waals surface area contributed by atoms with Crippen LogP contribution in [0.1, 0.15) is 20.3 Å². The summed E-state index contributed by atoms with van der Waals surface area (Å²) in [5.41, 5.74) is 4.97. The Labute approximate surface area is 70.9 Å². The van der Waals surface area contributed by atoms with Crippen LogP contribution in [0.25, 0.3) is 0 Å². The zero-order valence-corrected chi connectivity index (χ0v) is 7.20. The van der Waals surface area contributed by atoms with Crippen molar-refractivity contribution in [3.63, 3.8) is 0 Å². The van der Waals surface area contributed by atoms with E-state index in [1.807, 2.05) is 0 Å². The van der Waals surface area contributed by atoms with Gasteiger partial charge in [-0.3, -0.25) is 9.59 Å². The SMILES string of the molecule is CC(CC(=O)O)NC(C)C(N)=O. The van der Waals surface area contributed by atoms with E-state index in [0.717, 1.165) is 0 Å². The summed E-state index contributed by atoms with van der Waals surface area (Å²) in [4.78, 5) is 20.7. The van der Waals surface area contributed by atoms with Gasteiger partial charge in [-0.05, 0) is 13.8 Å². The van der Waals surface area contributed by atoms with Crippen molar-refractivity contribution in [2.75, 3.05) is 0 Å². The summed E-state index contributed by atoms with van der Waals surface area (Å²) in [7, 11) is 0. The number of hydrogen-bond donors (Lipinski definition) is 3. The summed E-state index contributed by atoms with van der Waals surface area (Å²) < 4.78 is 0. The summed E-state index contributed by atoms with van der Waals surface area (Å²) >= 11 is 0. The monoisotopic (exact) mass is 174 g/mol. The molecule has 0 heterocycles. The maximum atomic E-state index is 10.5. The molecule has 0 spiro atoms. The first-order chi connectivity index (χ1) is 5.43. The third kappa shape index (κ3) is 4.68. The van der Waals surface area contributed by atoms with Crippen molar-refractivity contribution in [1.29, 1.82) is 0 Å². The van der Waals surface area contributed by atoms with E-state index in [9.17, 15) is 9.59 Å². The lowest BCUT2D eigenvalue weighted by Gasteiger charge is -2.15. The molecule has 70 valence electrons. The zero-order valence-electron chi connectivity index (χ0n) is 7.20. The minimum atomic E-state index is -0.897. The third-order valence-corrected chi connectivity index (χ3v) is 1.44. The molecule has 0 aliphatic carbocycles. The molecule has 2 atom stereocenters. The molecule has 1 amide bonds. The molecule has 0 bridgehead atoms. The van der Waals surface area contributed by atoms with Crippen molar-refractivity contribution in [3.8, 4) is 0 Å². The molecule has 0 aromatic rings. The molecule has 0 aromatic carbocycles. The van der Waals surface area contributed by atoms with Crippen LogP contribution in [-0.4, -0.2) is 29.1 Å². The van der Waals surface area contributed by atoms with Gasteiger partial charge in [0.2, 0.25) is 5.91 Å². The Morgan fingerprint density at radius 1 is 1.50 bits per heavy atom. The Morgan fingerprint density at radius 2 is 2.00 bits per heavy atom. The Kier molecular flexibility index (Phi) is 4.28. The number of amides is 1. The number of rotatable bonds is 5. The second-order valence-corrected chi connectivity index (χ2v) is 2.79. The number of carbonyl (C=O) groups excluding carboxylic acids is 1. The fraction of sp³-hybridized carbons (Fsp3) is 0.714. The van der Waals surface area contributed by atoms with Gasteiger partial charge in [-0.25, -0.2) is 0 Å². The molecule has 12 heavy (non-hydrogen) atoms. The molecule has 2 unspecified atom stereocenters. The highest BCUT2D eigenvalue weighted by atomic mass is 16.4. The summed E-state index contributed by atoms with van der Waals surface area (Å²) in [5, 5.41) is 11.1. The summed E-state index contributed by atoms with van der Waals surface area (Å²) in [6.07, 6.45) is -0.0162. The summed E-state index contributed by atoms with van der Waals surface area (Å²) in [6.45, 7) is 3.29. The molecule has 0 radical (unpaired) electrons. The molecule has 0 fully saturated rings. The van der Waals surface area contributed by atoms with Crippen LogP contribution in [0.15, 0.2) is 0 Å². The first kappa shape index (κ1) is 10.9. The van der Waals surface area contributed by atoms with Gasteiger partial charge in [0, 0.05) is 6.04 Å². The Morgan fingerprint density at radius 3 is 2.33 bits per heavy atom. The average molecular weight is 174 g/mol. The van der Waals surface area contributed by atoms with Gasteiger partial charge in [-0.2, -0.15) is 0 Å². The van der Waals surface area contributed by atoms with Crippen molar-refractivity contribution in [2.45, 2.75) is 32.4 Å². The largest absolute Gasteiger partial charge is 0.481 e. The predicted octanol–water partition coefficient (Wildman–Crippen LogP) is -0.687.